The minimum Gasteiger partial charge on any atom is -0.383 e. The molecule has 0 saturated heterocycles. The van der Waals surface area contributed by atoms with Gasteiger partial charge >= 0.3 is 0 Å². The number of nitrogen functional groups attached to an aromatic ring is 1. The molecule has 1 aliphatic rings. The van der Waals surface area contributed by atoms with Crippen molar-refractivity contribution in [2.75, 3.05) is 12.0 Å². The van der Waals surface area contributed by atoms with Crippen molar-refractivity contribution in [3.05, 3.63) is 23.9 Å². The zero-order valence-corrected chi connectivity index (χ0v) is 11.4. The Hall–Kier alpha value is -1.23. The van der Waals surface area contributed by atoms with E-state index in [2.05, 4.69) is 16.6 Å². The van der Waals surface area contributed by atoms with E-state index in [4.69, 9.17) is 5.73 Å². The number of anilines is 1. The lowest BCUT2D eigenvalue weighted by atomic mass is 9.94. The standard InChI is InChI=1S/C13H19N3OS/c1-18-11-7-3-2-6-10(11)16-13(17)9-5-4-8-15-12(9)14/h4-5,8,10-11H,2-3,6-7H2,1H3,(H2,14,15)(H,16,17). The molecule has 98 valence electrons. The number of nitrogens with two attached hydrogens (primary N) is 1. The molecule has 0 aliphatic heterocycles. The average Bonchev–Trinajstić information content (AvgIpc) is 2.39. The Balaban J connectivity index is 2.04. The normalized spacial score (nSPS) is 23.6. The summed E-state index contributed by atoms with van der Waals surface area (Å²) in [7, 11) is 0. The van der Waals surface area contributed by atoms with Crippen LogP contribution in [0.2, 0.25) is 0 Å². The molecule has 2 atom stereocenters. The summed E-state index contributed by atoms with van der Waals surface area (Å²) in [5, 5.41) is 3.61. The molecule has 18 heavy (non-hydrogen) atoms. The molecular formula is C13H19N3OS. The van der Waals surface area contributed by atoms with Gasteiger partial charge in [0.05, 0.1) is 5.56 Å². The highest BCUT2D eigenvalue weighted by Gasteiger charge is 2.26. The molecule has 3 N–H and O–H groups in total. The van der Waals surface area contributed by atoms with E-state index in [-0.39, 0.29) is 11.9 Å². The lowest BCUT2D eigenvalue weighted by molar-refractivity contribution is 0.0930. The number of pyridine rings is 1. The van der Waals surface area contributed by atoms with E-state index in [0.29, 0.717) is 16.6 Å². The van der Waals surface area contributed by atoms with Crippen LogP contribution in [0.1, 0.15) is 36.0 Å². The smallest absolute Gasteiger partial charge is 0.255 e. The molecule has 2 unspecified atom stereocenters. The predicted molar refractivity (Wildman–Crippen MR) is 75.7 cm³/mol. The Morgan fingerprint density at radius 2 is 2.28 bits per heavy atom. The summed E-state index contributed by atoms with van der Waals surface area (Å²) in [4.78, 5) is 16.1. The van der Waals surface area contributed by atoms with Crippen molar-refractivity contribution < 1.29 is 4.79 Å². The highest BCUT2D eigenvalue weighted by molar-refractivity contribution is 7.99. The number of hydrogen-bond donors (Lipinski definition) is 2. The van der Waals surface area contributed by atoms with Crippen LogP contribution in [0.5, 0.6) is 0 Å². The molecule has 5 heteroatoms. The molecule has 1 saturated carbocycles. The van der Waals surface area contributed by atoms with Gasteiger partial charge in [-0.1, -0.05) is 12.8 Å². The maximum absolute atomic E-state index is 12.2. The minimum absolute atomic E-state index is 0.105. The molecule has 1 aromatic rings. The quantitative estimate of drug-likeness (QED) is 0.878. The fourth-order valence-electron chi connectivity index (χ4n) is 2.40. The predicted octanol–water partition coefficient (Wildman–Crippen LogP) is 2.07. The number of carbonyl (C=O) groups is 1. The fourth-order valence-corrected chi connectivity index (χ4v) is 3.33. The van der Waals surface area contributed by atoms with Crippen LogP contribution in [0.15, 0.2) is 18.3 Å². The summed E-state index contributed by atoms with van der Waals surface area (Å²) in [5.74, 6) is 0.193. The van der Waals surface area contributed by atoms with Crippen LogP contribution < -0.4 is 11.1 Å². The van der Waals surface area contributed by atoms with Gasteiger partial charge in [-0.25, -0.2) is 4.98 Å². The second-order valence-electron chi connectivity index (χ2n) is 4.57. The van der Waals surface area contributed by atoms with Crippen molar-refractivity contribution in [2.24, 2.45) is 0 Å². The number of nitrogens with one attached hydrogen (secondary N) is 1. The first-order chi connectivity index (χ1) is 8.72. The number of thioether (sulfide) groups is 1. The zero-order valence-electron chi connectivity index (χ0n) is 10.6. The lowest BCUT2D eigenvalue weighted by Crippen LogP contribution is -2.43. The average molecular weight is 265 g/mol. The van der Waals surface area contributed by atoms with E-state index < -0.39 is 0 Å². The van der Waals surface area contributed by atoms with Crippen molar-refractivity contribution in [1.29, 1.82) is 0 Å². The molecule has 1 heterocycles. The molecule has 4 nitrogen and oxygen atoms in total. The monoisotopic (exact) mass is 265 g/mol. The molecule has 0 bridgehead atoms. The summed E-state index contributed by atoms with van der Waals surface area (Å²) in [5.41, 5.74) is 6.19. The number of aromatic nitrogens is 1. The molecule has 1 aromatic heterocycles. The van der Waals surface area contributed by atoms with Crippen LogP contribution in [-0.4, -0.2) is 28.4 Å². The third kappa shape index (κ3) is 2.96. The summed E-state index contributed by atoms with van der Waals surface area (Å²) < 4.78 is 0. The Labute approximate surface area is 112 Å². The second kappa shape index (κ2) is 6.09. The number of rotatable bonds is 3. The third-order valence-corrected chi connectivity index (χ3v) is 4.57. The van der Waals surface area contributed by atoms with Crippen molar-refractivity contribution in [3.8, 4) is 0 Å². The van der Waals surface area contributed by atoms with Gasteiger partial charge in [-0.15, -0.1) is 0 Å². The van der Waals surface area contributed by atoms with E-state index in [1.165, 1.54) is 19.3 Å². The number of carbonyl (C=O) groups excluding carboxylic acids is 1. The molecule has 0 spiro atoms. The van der Waals surface area contributed by atoms with Gasteiger partial charge in [0, 0.05) is 17.5 Å². The molecular weight excluding hydrogens is 246 g/mol. The Morgan fingerprint density at radius 3 is 3.00 bits per heavy atom. The van der Waals surface area contributed by atoms with Crippen LogP contribution >= 0.6 is 11.8 Å². The molecule has 0 aromatic carbocycles. The Bertz CT molecular complexity index is 424. The molecule has 1 aliphatic carbocycles. The van der Waals surface area contributed by atoms with Gasteiger partial charge in [0.15, 0.2) is 0 Å². The van der Waals surface area contributed by atoms with Crippen LogP contribution in [-0.2, 0) is 0 Å². The third-order valence-electron chi connectivity index (χ3n) is 3.40. The van der Waals surface area contributed by atoms with Gasteiger partial charge in [-0.3, -0.25) is 4.79 Å². The van der Waals surface area contributed by atoms with Crippen LogP contribution in [0.3, 0.4) is 0 Å². The van der Waals surface area contributed by atoms with E-state index >= 15 is 0 Å². The molecule has 1 amide bonds. The highest BCUT2D eigenvalue weighted by Crippen LogP contribution is 2.27. The lowest BCUT2D eigenvalue weighted by Gasteiger charge is -2.31. The van der Waals surface area contributed by atoms with Gasteiger partial charge in [0.1, 0.15) is 5.82 Å². The second-order valence-corrected chi connectivity index (χ2v) is 5.65. The molecule has 1 fully saturated rings. The van der Waals surface area contributed by atoms with E-state index in [1.807, 2.05) is 11.8 Å². The highest BCUT2D eigenvalue weighted by atomic mass is 32.2. The van der Waals surface area contributed by atoms with Crippen LogP contribution in [0.25, 0.3) is 0 Å². The van der Waals surface area contributed by atoms with Crippen molar-refractivity contribution >= 4 is 23.5 Å². The van der Waals surface area contributed by atoms with E-state index in [9.17, 15) is 4.79 Å². The SMILES string of the molecule is CSC1CCCCC1NC(=O)c1cccnc1N. The zero-order chi connectivity index (χ0) is 13.0. The first-order valence-corrected chi connectivity index (χ1v) is 7.55. The summed E-state index contributed by atoms with van der Waals surface area (Å²) >= 11 is 1.83. The van der Waals surface area contributed by atoms with E-state index in [1.54, 1.807) is 18.3 Å². The van der Waals surface area contributed by atoms with Gasteiger partial charge in [-0.2, -0.15) is 11.8 Å². The van der Waals surface area contributed by atoms with E-state index in [0.717, 1.165) is 6.42 Å². The largest absolute Gasteiger partial charge is 0.383 e. The van der Waals surface area contributed by atoms with Crippen LogP contribution in [0, 0.1) is 0 Å². The van der Waals surface area contributed by atoms with Crippen molar-refractivity contribution in [1.82, 2.24) is 10.3 Å². The summed E-state index contributed by atoms with van der Waals surface area (Å²) in [6.45, 7) is 0. The molecule has 2 rings (SSSR count). The van der Waals surface area contributed by atoms with Crippen LogP contribution in [0.4, 0.5) is 5.82 Å². The first-order valence-electron chi connectivity index (χ1n) is 6.26. The van der Waals surface area contributed by atoms with Gasteiger partial charge in [0.25, 0.3) is 5.91 Å². The Morgan fingerprint density at radius 1 is 1.50 bits per heavy atom. The van der Waals surface area contributed by atoms with Crippen molar-refractivity contribution in [3.63, 3.8) is 0 Å². The van der Waals surface area contributed by atoms with Gasteiger partial charge < -0.3 is 11.1 Å². The maximum atomic E-state index is 12.2. The number of hydrogen-bond acceptors (Lipinski definition) is 4. The maximum Gasteiger partial charge on any atom is 0.255 e. The van der Waals surface area contributed by atoms with Crippen molar-refractivity contribution in [2.45, 2.75) is 37.0 Å². The minimum atomic E-state index is -0.105. The summed E-state index contributed by atoms with van der Waals surface area (Å²) in [6, 6.07) is 3.70. The van der Waals surface area contributed by atoms with Gasteiger partial charge in [0.2, 0.25) is 0 Å². The summed E-state index contributed by atoms with van der Waals surface area (Å²) in [6.07, 6.45) is 8.37. The Kier molecular flexibility index (Phi) is 4.47. The number of amides is 1. The fraction of sp³-hybridized carbons (Fsp3) is 0.538. The number of nitrogens with zero attached hydrogens (tertiary/aromatic N) is 1. The first kappa shape index (κ1) is 13.2. The molecule has 0 radical (unpaired) electrons. The van der Waals surface area contributed by atoms with Gasteiger partial charge in [-0.05, 0) is 31.2 Å². The topological polar surface area (TPSA) is 68.0 Å².